The molecule has 5 rings (SSSR count). The number of ether oxygens (including phenoxy) is 1. The fraction of sp³-hybridized carbons (Fsp3) is 0.556. The molecule has 2 aliphatic heterocycles. The average molecular weight is 556 g/mol. The standard InChI is InChI=1S/C27H37N7O4S/c1-16(2)26-19-10-25(31-24-6-8-28-27(32-24)33-9-7-23(38-4)22(35)14-33)29-11-20(19)21(12-30-26)34-13-18(17(34)3)15-39(5,36)37/h6,8,10-12,16-18,22-23,35H,7,9,13-15H2,1-5H3,(H,28,29,31,32)/t17-,18-,22+,23+/m1/s1. The molecule has 0 spiro atoms. The molecule has 0 unspecified atom stereocenters. The van der Waals surface area contributed by atoms with Gasteiger partial charge in [-0.1, -0.05) is 13.8 Å². The summed E-state index contributed by atoms with van der Waals surface area (Å²) in [5.41, 5.74) is 1.94. The third-order valence-corrected chi connectivity index (χ3v) is 8.80. The van der Waals surface area contributed by atoms with E-state index < -0.39 is 15.9 Å². The number of aliphatic hydroxyl groups excluding tert-OH is 1. The summed E-state index contributed by atoms with van der Waals surface area (Å²) >= 11 is 0. The molecule has 3 aromatic rings. The Morgan fingerprint density at radius 1 is 1.15 bits per heavy atom. The van der Waals surface area contributed by atoms with Crippen LogP contribution >= 0.6 is 0 Å². The van der Waals surface area contributed by atoms with Crippen LogP contribution in [0, 0.1) is 5.92 Å². The number of hydrogen-bond donors (Lipinski definition) is 2. The highest BCUT2D eigenvalue weighted by molar-refractivity contribution is 7.90. The van der Waals surface area contributed by atoms with Gasteiger partial charge in [0.15, 0.2) is 0 Å². The van der Waals surface area contributed by atoms with E-state index in [2.05, 4.69) is 41.0 Å². The second-order valence-corrected chi connectivity index (χ2v) is 13.2. The Kier molecular flexibility index (Phi) is 7.62. The lowest BCUT2D eigenvalue weighted by atomic mass is 9.90. The average Bonchev–Trinajstić information content (AvgIpc) is 2.89. The number of β-amino-alcohol motifs (C(OH)–C–C–N with tert-alkyl or cyclic N) is 1. The Balaban J connectivity index is 1.40. The summed E-state index contributed by atoms with van der Waals surface area (Å²) in [5, 5.41) is 15.6. The van der Waals surface area contributed by atoms with Gasteiger partial charge >= 0.3 is 0 Å². The minimum Gasteiger partial charge on any atom is -0.389 e. The number of sulfone groups is 1. The summed E-state index contributed by atoms with van der Waals surface area (Å²) in [6, 6.07) is 3.88. The van der Waals surface area contributed by atoms with Crippen LogP contribution in [-0.2, 0) is 14.6 Å². The fourth-order valence-electron chi connectivity index (χ4n) is 5.55. The van der Waals surface area contributed by atoms with E-state index in [-0.39, 0.29) is 29.7 Å². The van der Waals surface area contributed by atoms with E-state index in [1.54, 1.807) is 19.4 Å². The zero-order valence-electron chi connectivity index (χ0n) is 23.1. The smallest absolute Gasteiger partial charge is 0.227 e. The molecule has 0 radical (unpaired) electrons. The van der Waals surface area contributed by atoms with E-state index in [1.165, 1.54) is 6.26 Å². The summed E-state index contributed by atoms with van der Waals surface area (Å²) in [4.78, 5) is 22.7. The number of piperidine rings is 1. The van der Waals surface area contributed by atoms with Gasteiger partial charge in [-0.3, -0.25) is 4.98 Å². The van der Waals surface area contributed by atoms with Gasteiger partial charge in [0.1, 0.15) is 21.5 Å². The molecule has 2 aliphatic rings. The minimum atomic E-state index is -3.03. The topological polar surface area (TPSA) is 134 Å². The summed E-state index contributed by atoms with van der Waals surface area (Å²) < 4.78 is 29.0. The SMILES string of the molecule is CO[C@H]1CCN(c2nccc(Nc3cc4c(C(C)C)ncc(N5C[C@H](CS(C)(=O)=O)[C@H]5C)c4cn3)n2)C[C@@H]1O. The van der Waals surface area contributed by atoms with Crippen LogP contribution in [0.2, 0.25) is 0 Å². The van der Waals surface area contributed by atoms with Crippen molar-refractivity contribution < 1.29 is 18.3 Å². The number of hydrogen-bond acceptors (Lipinski definition) is 11. The molecule has 2 saturated heterocycles. The molecule has 11 nitrogen and oxygen atoms in total. The van der Waals surface area contributed by atoms with Gasteiger partial charge in [-0.2, -0.15) is 4.98 Å². The van der Waals surface area contributed by atoms with Crippen LogP contribution in [0.5, 0.6) is 0 Å². The molecule has 2 N–H and O–H groups in total. The van der Waals surface area contributed by atoms with Crippen molar-refractivity contribution in [1.82, 2.24) is 19.9 Å². The molecule has 0 bridgehead atoms. The van der Waals surface area contributed by atoms with Gasteiger partial charge in [0.25, 0.3) is 0 Å². The Labute approximate surface area is 229 Å². The van der Waals surface area contributed by atoms with E-state index >= 15 is 0 Å². The zero-order valence-corrected chi connectivity index (χ0v) is 23.9. The van der Waals surface area contributed by atoms with Crippen molar-refractivity contribution in [2.24, 2.45) is 5.92 Å². The molecule has 0 aromatic carbocycles. The quantitative estimate of drug-likeness (QED) is 0.425. The van der Waals surface area contributed by atoms with Crippen LogP contribution in [0.3, 0.4) is 0 Å². The van der Waals surface area contributed by atoms with E-state index in [0.29, 0.717) is 43.6 Å². The molecule has 12 heteroatoms. The lowest BCUT2D eigenvalue weighted by molar-refractivity contribution is -0.0219. The predicted octanol–water partition coefficient (Wildman–Crippen LogP) is 2.74. The monoisotopic (exact) mass is 555 g/mol. The Morgan fingerprint density at radius 2 is 1.95 bits per heavy atom. The van der Waals surface area contributed by atoms with Crippen molar-refractivity contribution in [2.45, 2.75) is 51.4 Å². The molecule has 0 saturated carbocycles. The van der Waals surface area contributed by atoms with Crippen molar-refractivity contribution in [2.75, 3.05) is 53.9 Å². The van der Waals surface area contributed by atoms with E-state index in [0.717, 1.165) is 22.2 Å². The van der Waals surface area contributed by atoms with Crippen molar-refractivity contribution in [3.8, 4) is 0 Å². The Hall–Kier alpha value is -3.09. The number of pyridine rings is 2. The third-order valence-electron chi connectivity index (χ3n) is 7.76. The number of rotatable bonds is 8. The van der Waals surface area contributed by atoms with E-state index in [4.69, 9.17) is 14.7 Å². The normalized spacial score (nSPS) is 23.8. The maximum atomic E-state index is 11.8. The lowest BCUT2D eigenvalue weighted by Gasteiger charge is -2.48. The first-order valence-corrected chi connectivity index (χ1v) is 15.4. The molecule has 2 fully saturated rings. The molecule has 3 aromatic heterocycles. The molecule has 0 aliphatic carbocycles. The minimum absolute atomic E-state index is 0.0966. The summed E-state index contributed by atoms with van der Waals surface area (Å²) in [6.45, 7) is 8.06. The molecular weight excluding hydrogens is 518 g/mol. The number of nitrogens with zero attached hydrogens (tertiary/aromatic N) is 6. The van der Waals surface area contributed by atoms with Gasteiger partial charge < -0.3 is 25.0 Å². The highest BCUT2D eigenvalue weighted by atomic mass is 32.2. The van der Waals surface area contributed by atoms with Gasteiger partial charge in [0.2, 0.25) is 5.95 Å². The van der Waals surface area contributed by atoms with E-state index in [1.807, 2.05) is 23.4 Å². The van der Waals surface area contributed by atoms with Crippen LogP contribution in [0.4, 0.5) is 23.3 Å². The van der Waals surface area contributed by atoms with Gasteiger partial charge in [0.05, 0.1) is 35.5 Å². The number of anilines is 4. The third kappa shape index (κ3) is 5.78. The Morgan fingerprint density at radius 3 is 2.62 bits per heavy atom. The molecular formula is C27H37N7O4S. The van der Waals surface area contributed by atoms with Gasteiger partial charge in [0, 0.05) is 68.1 Å². The first-order chi connectivity index (χ1) is 18.5. The zero-order chi connectivity index (χ0) is 27.9. The first-order valence-electron chi connectivity index (χ1n) is 13.3. The summed E-state index contributed by atoms with van der Waals surface area (Å²) in [6.07, 6.45) is 6.65. The van der Waals surface area contributed by atoms with Crippen LogP contribution in [0.25, 0.3) is 10.8 Å². The van der Waals surface area contributed by atoms with Crippen molar-refractivity contribution in [3.05, 3.63) is 36.4 Å². The number of methoxy groups -OCH3 is 1. The fourth-order valence-corrected chi connectivity index (χ4v) is 6.71. The highest BCUT2D eigenvalue weighted by Gasteiger charge is 2.38. The molecule has 210 valence electrons. The van der Waals surface area contributed by atoms with Crippen LogP contribution in [-0.4, -0.2) is 90.5 Å². The van der Waals surface area contributed by atoms with Crippen LogP contribution < -0.4 is 15.1 Å². The summed E-state index contributed by atoms with van der Waals surface area (Å²) in [5.74, 6) is 2.27. The molecule has 4 atom stereocenters. The Bertz CT molecular complexity index is 1450. The number of aliphatic hydroxyl groups is 1. The lowest BCUT2D eigenvalue weighted by Crippen LogP contribution is -2.57. The van der Waals surface area contributed by atoms with Crippen molar-refractivity contribution in [3.63, 3.8) is 0 Å². The number of aromatic nitrogens is 4. The maximum Gasteiger partial charge on any atom is 0.227 e. The van der Waals surface area contributed by atoms with Crippen LogP contribution in [0.15, 0.2) is 30.7 Å². The highest BCUT2D eigenvalue weighted by Crippen LogP contribution is 2.38. The largest absolute Gasteiger partial charge is 0.389 e. The van der Waals surface area contributed by atoms with Crippen molar-refractivity contribution >= 4 is 43.9 Å². The first kappa shape index (κ1) is 27.5. The second kappa shape index (κ2) is 10.8. The van der Waals surface area contributed by atoms with Gasteiger partial charge in [-0.25, -0.2) is 18.4 Å². The van der Waals surface area contributed by atoms with Crippen molar-refractivity contribution in [1.29, 1.82) is 0 Å². The van der Waals surface area contributed by atoms with E-state index in [9.17, 15) is 13.5 Å². The molecule has 0 amide bonds. The maximum absolute atomic E-state index is 11.8. The summed E-state index contributed by atoms with van der Waals surface area (Å²) in [7, 11) is -1.41. The van der Waals surface area contributed by atoms with Gasteiger partial charge in [-0.05, 0) is 31.4 Å². The van der Waals surface area contributed by atoms with Gasteiger partial charge in [-0.15, -0.1) is 0 Å². The number of fused-ring (bicyclic) bond motifs is 1. The second-order valence-electron chi connectivity index (χ2n) is 11.0. The van der Waals surface area contributed by atoms with Crippen LogP contribution in [0.1, 0.15) is 38.8 Å². The number of nitrogens with one attached hydrogen (secondary N) is 1. The molecule has 39 heavy (non-hydrogen) atoms. The molecule has 5 heterocycles. The predicted molar refractivity (Wildman–Crippen MR) is 153 cm³/mol.